The van der Waals surface area contributed by atoms with Crippen LogP contribution in [0.2, 0.25) is 0 Å². The lowest BCUT2D eigenvalue weighted by atomic mass is 10.2. The van der Waals surface area contributed by atoms with Gasteiger partial charge in [0.1, 0.15) is 0 Å². The summed E-state index contributed by atoms with van der Waals surface area (Å²) in [5.74, 6) is 2.19. The van der Waals surface area contributed by atoms with E-state index in [-0.39, 0.29) is 0 Å². The van der Waals surface area contributed by atoms with Gasteiger partial charge in [0, 0.05) is 18.7 Å². The first-order valence-electron chi connectivity index (χ1n) is 6.41. The summed E-state index contributed by atoms with van der Waals surface area (Å²) in [6, 6.07) is 10.9. The van der Waals surface area contributed by atoms with E-state index in [0.717, 1.165) is 5.56 Å². The minimum atomic E-state index is 0.453. The smallest absolute Gasteiger partial charge is 0.222 e. The van der Waals surface area contributed by atoms with E-state index in [4.69, 9.17) is 19.9 Å². The van der Waals surface area contributed by atoms with Crippen LogP contribution in [0.4, 0.5) is 0 Å². The van der Waals surface area contributed by atoms with Crippen molar-refractivity contribution in [1.29, 1.82) is 0 Å². The van der Waals surface area contributed by atoms with Gasteiger partial charge < -0.3 is 19.9 Å². The van der Waals surface area contributed by atoms with Crippen LogP contribution in [-0.2, 0) is 6.54 Å². The van der Waals surface area contributed by atoms with Crippen LogP contribution in [0, 0.1) is 0 Å². The third kappa shape index (κ3) is 3.39. The predicted octanol–water partition coefficient (Wildman–Crippen LogP) is 2.74. The van der Waals surface area contributed by atoms with E-state index in [2.05, 4.69) is 4.98 Å². The average molecular weight is 274 g/mol. The van der Waals surface area contributed by atoms with Crippen molar-refractivity contribution in [1.82, 2.24) is 4.98 Å². The van der Waals surface area contributed by atoms with Crippen LogP contribution in [0.3, 0.4) is 0 Å². The lowest BCUT2D eigenvalue weighted by Crippen LogP contribution is -1.99. The second-order valence-corrected chi connectivity index (χ2v) is 4.04. The van der Waals surface area contributed by atoms with Gasteiger partial charge in [-0.25, -0.2) is 0 Å². The molecule has 0 atom stereocenters. The standard InChI is InChI=1S/C15H18N2O3/c1-3-19-14-5-4-6-15(17-14)20-12-8-7-11(10-16)9-13(12)18-2/h4-9H,3,10,16H2,1-2H3. The summed E-state index contributed by atoms with van der Waals surface area (Å²) >= 11 is 0. The monoisotopic (exact) mass is 274 g/mol. The maximum absolute atomic E-state index is 5.73. The molecule has 0 fully saturated rings. The van der Waals surface area contributed by atoms with Crippen molar-refractivity contribution >= 4 is 0 Å². The molecule has 0 radical (unpaired) electrons. The van der Waals surface area contributed by atoms with Gasteiger partial charge in [-0.15, -0.1) is 0 Å². The zero-order chi connectivity index (χ0) is 14.4. The molecule has 1 heterocycles. The molecule has 0 aliphatic carbocycles. The molecule has 5 nitrogen and oxygen atoms in total. The summed E-state index contributed by atoms with van der Waals surface area (Å²) in [5.41, 5.74) is 6.58. The van der Waals surface area contributed by atoms with E-state index in [9.17, 15) is 0 Å². The molecule has 2 N–H and O–H groups in total. The largest absolute Gasteiger partial charge is 0.493 e. The van der Waals surface area contributed by atoms with Gasteiger partial charge >= 0.3 is 0 Å². The molecule has 2 rings (SSSR count). The number of hydrogen-bond acceptors (Lipinski definition) is 5. The van der Waals surface area contributed by atoms with Gasteiger partial charge in [-0.2, -0.15) is 4.98 Å². The zero-order valence-electron chi connectivity index (χ0n) is 11.6. The number of methoxy groups -OCH3 is 1. The van der Waals surface area contributed by atoms with Crippen molar-refractivity contribution in [3.05, 3.63) is 42.0 Å². The number of aromatic nitrogens is 1. The van der Waals surface area contributed by atoms with Gasteiger partial charge in [-0.05, 0) is 24.6 Å². The fourth-order valence-electron chi connectivity index (χ4n) is 1.72. The Morgan fingerprint density at radius 2 is 1.90 bits per heavy atom. The second-order valence-electron chi connectivity index (χ2n) is 4.04. The molecule has 1 aromatic heterocycles. The Morgan fingerprint density at radius 3 is 2.60 bits per heavy atom. The van der Waals surface area contributed by atoms with E-state index >= 15 is 0 Å². The SMILES string of the molecule is CCOc1cccc(Oc2ccc(CN)cc2OC)n1. The molecule has 0 unspecified atom stereocenters. The van der Waals surface area contributed by atoms with E-state index in [0.29, 0.717) is 36.4 Å². The molecule has 106 valence electrons. The molecule has 1 aromatic carbocycles. The van der Waals surface area contributed by atoms with Crippen molar-refractivity contribution in [2.24, 2.45) is 5.73 Å². The van der Waals surface area contributed by atoms with Crippen LogP contribution in [0.1, 0.15) is 12.5 Å². The molecule has 20 heavy (non-hydrogen) atoms. The molecule has 2 aromatic rings. The second kappa shape index (κ2) is 6.77. The number of nitrogens with two attached hydrogens (primary N) is 1. The van der Waals surface area contributed by atoms with E-state index in [1.54, 1.807) is 19.2 Å². The summed E-state index contributed by atoms with van der Waals surface area (Å²) in [4.78, 5) is 4.25. The summed E-state index contributed by atoms with van der Waals surface area (Å²) in [5, 5.41) is 0. The Bertz CT molecular complexity index is 573. The average Bonchev–Trinajstić information content (AvgIpc) is 2.48. The first-order chi connectivity index (χ1) is 9.76. The topological polar surface area (TPSA) is 66.6 Å². The molecule has 0 bridgehead atoms. The normalized spacial score (nSPS) is 10.2. The fraction of sp³-hybridized carbons (Fsp3) is 0.267. The quantitative estimate of drug-likeness (QED) is 0.877. The minimum absolute atomic E-state index is 0.453. The Morgan fingerprint density at radius 1 is 1.10 bits per heavy atom. The van der Waals surface area contributed by atoms with Crippen molar-refractivity contribution in [2.45, 2.75) is 13.5 Å². The summed E-state index contributed by atoms with van der Waals surface area (Å²) in [6.07, 6.45) is 0. The Labute approximate surface area is 118 Å². The van der Waals surface area contributed by atoms with Gasteiger partial charge in [0.25, 0.3) is 0 Å². The highest BCUT2D eigenvalue weighted by Gasteiger charge is 2.08. The number of rotatable bonds is 6. The van der Waals surface area contributed by atoms with Crippen LogP contribution < -0.4 is 19.9 Å². The third-order valence-corrected chi connectivity index (χ3v) is 2.67. The maximum Gasteiger partial charge on any atom is 0.222 e. The van der Waals surface area contributed by atoms with E-state index in [1.807, 2.05) is 31.2 Å². The van der Waals surface area contributed by atoms with Crippen molar-refractivity contribution in [2.75, 3.05) is 13.7 Å². The molecule has 0 aliphatic rings. The van der Waals surface area contributed by atoms with Crippen molar-refractivity contribution in [3.63, 3.8) is 0 Å². The molecular weight excluding hydrogens is 256 g/mol. The molecular formula is C15H18N2O3. The third-order valence-electron chi connectivity index (χ3n) is 2.67. The van der Waals surface area contributed by atoms with Gasteiger partial charge in [0.15, 0.2) is 11.5 Å². The molecule has 0 amide bonds. The van der Waals surface area contributed by atoms with Crippen LogP contribution in [-0.4, -0.2) is 18.7 Å². The van der Waals surface area contributed by atoms with Gasteiger partial charge in [0.2, 0.25) is 11.8 Å². The Kier molecular flexibility index (Phi) is 4.79. The fourth-order valence-corrected chi connectivity index (χ4v) is 1.72. The predicted molar refractivity (Wildman–Crippen MR) is 76.4 cm³/mol. The molecule has 0 saturated heterocycles. The van der Waals surface area contributed by atoms with Crippen molar-refractivity contribution in [3.8, 4) is 23.3 Å². The van der Waals surface area contributed by atoms with Crippen LogP contribution in [0.15, 0.2) is 36.4 Å². The van der Waals surface area contributed by atoms with E-state index in [1.165, 1.54) is 0 Å². The van der Waals surface area contributed by atoms with Crippen molar-refractivity contribution < 1.29 is 14.2 Å². The van der Waals surface area contributed by atoms with Crippen LogP contribution >= 0.6 is 0 Å². The maximum atomic E-state index is 5.73. The highest BCUT2D eigenvalue weighted by atomic mass is 16.5. The Balaban J connectivity index is 2.22. The first-order valence-corrected chi connectivity index (χ1v) is 6.41. The number of ether oxygens (including phenoxy) is 3. The molecule has 0 spiro atoms. The lowest BCUT2D eigenvalue weighted by molar-refractivity contribution is 0.319. The molecule has 0 saturated carbocycles. The highest BCUT2D eigenvalue weighted by molar-refractivity contribution is 5.44. The van der Waals surface area contributed by atoms with E-state index < -0.39 is 0 Å². The molecule has 5 heteroatoms. The number of nitrogens with zero attached hydrogens (tertiary/aromatic N) is 1. The number of benzene rings is 1. The number of hydrogen-bond donors (Lipinski definition) is 1. The van der Waals surface area contributed by atoms with Crippen LogP contribution in [0.5, 0.6) is 23.3 Å². The zero-order valence-corrected chi connectivity index (χ0v) is 11.6. The van der Waals surface area contributed by atoms with Gasteiger partial charge in [-0.1, -0.05) is 12.1 Å². The molecule has 0 aliphatic heterocycles. The summed E-state index contributed by atoms with van der Waals surface area (Å²) in [6.45, 7) is 2.92. The lowest BCUT2D eigenvalue weighted by Gasteiger charge is -2.11. The minimum Gasteiger partial charge on any atom is -0.493 e. The summed E-state index contributed by atoms with van der Waals surface area (Å²) in [7, 11) is 1.59. The highest BCUT2D eigenvalue weighted by Crippen LogP contribution is 2.32. The number of pyridine rings is 1. The summed E-state index contributed by atoms with van der Waals surface area (Å²) < 4.78 is 16.4. The van der Waals surface area contributed by atoms with Gasteiger partial charge in [0.05, 0.1) is 13.7 Å². The van der Waals surface area contributed by atoms with Crippen LogP contribution in [0.25, 0.3) is 0 Å². The first kappa shape index (κ1) is 14.1. The van der Waals surface area contributed by atoms with Gasteiger partial charge in [-0.3, -0.25) is 0 Å². The Hall–Kier alpha value is -2.27.